The Morgan fingerprint density at radius 1 is 1.32 bits per heavy atom. The number of hydrogen-bond acceptors (Lipinski definition) is 5. The number of nitrogens with two attached hydrogens (primary N) is 1. The topological polar surface area (TPSA) is 92.5 Å². The molecule has 8 heteroatoms. The zero-order chi connectivity index (χ0) is 13.4. The molecule has 0 fully saturated rings. The van der Waals surface area contributed by atoms with E-state index in [-0.39, 0.29) is 11.8 Å². The lowest BCUT2D eigenvalue weighted by Gasteiger charge is -2.08. The molecule has 0 unspecified atom stereocenters. The summed E-state index contributed by atoms with van der Waals surface area (Å²) in [4.78, 5) is 15.0. The van der Waals surface area contributed by atoms with Gasteiger partial charge in [-0.25, -0.2) is 9.37 Å². The molecule has 0 saturated carbocycles. The first-order chi connectivity index (χ1) is 9.13. The van der Waals surface area contributed by atoms with Gasteiger partial charge >= 0.3 is 0 Å². The minimum Gasteiger partial charge on any atom is -0.368 e. The number of fused-ring (bicyclic) bond motifs is 1. The molecule has 0 aliphatic rings. The van der Waals surface area contributed by atoms with Crippen molar-refractivity contribution in [1.82, 2.24) is 19.9 Å². The molecule has 6 nitrogen and oxygen atoms in total. The second-order valence-electron chi connectivity index (χ2n) is 3.78. The molecule has 3 aromatic rings. The molecule has 0 saturated heterocycles. The molecule has 2 aromatic heterocycles. The molecule has 0 aliphatic heterocycles. The van der Waals surface area contributed by atoms with Gasteiger partial charge in [0.25, 0.3) is 0 Å². The standard InChI is InChI=1S/C11H8BrFN6/c12-6-3-5(13)1-2-7(6)17-10-8-9(16-4-15-8)18-11(14)19-10/h1-4H,(H4,14,15,16,17,18,19). The molecule has 4 N–H and O–H groups in total. The zero-order valence-corrected chi connectivity index (χ0v) is 11.1. The molecule has 19 heavy (non-hydrogen) atoms. The van der Waals surface area contributed by atoms with Crippen molar-refractivity contribution in [3.63, 3.8) is 0 Å². The first-order valence-corrected chi connectivity index (χ1v) is 6.11. The van der Waals surface area contributed by atoms with Gasteiger partial charge in [0, 0.05) is 4.47 Å². The highest BCUT2D eigenvalue weighted by molar-refractivity contribution is 9.10. The first-order valence-electron chi connectivity index (χ1n) is 5.32. The Morgan fingerprint density at radius 3 is 2.95 bits per heavy atom. The number of benzene rings is 1. The molecule has 0 spiro atoms. The van der Waals surface area contributed by atoms with Gasteiger partial charge in [0.15, 0.2) is 11.5 Å². The van der Waals surface area contributed by atoms with E-state index < -0.39 is 0 Å². The van der Waals surface area contributed by atoms with E-state index >= 15 is 0 Å². The molecule has 1 aromatic carbocycles. The minimum atomic E-state index is -0.327. The second kappa shape index (κ2) is 4.47. The van der Waals surface area contributed by atoms with Crippen LogP contribution in [0.3, 0.4) is 0 Å². The summed E-state index contributed by atoms with van der Waals surface area (Å²) in [5.74, 6) is 0.263. The van der Waals surface area contributed by atoms with E-state index in [1.165, 1.54) is 18.5 Å². The Kier molecular flexibility index (Phi) is 2.79. The molecule has 0 aliphatic carbocycles. The summed E-state index contributed by atoms with van der Waals surface area (Å²) in [6.07, 6.45) is 1.50. The Hall–Kier alpha value is -2.22. The Morgan fingerprint density at radius 2 is 2.16 bits per heavy atom. The van der Waals surface area contributed by atoms with E-state index in [1.54, 1.807) is 6.07 Å². The van der Waals surface area contributed by atoms with Gasteiger partial charge in [0.05, 0.1) is 12.0 Å². The van der Waals surface area contributed by atoms with Crippen LogP contribution >= 0.6 is 15.9 Å². The van der Waals surface area contributed by atoms with Gasteiger partial charge in [-0.2, -0.15) is 9.97 Å². The maximum absolute atomic E-state index is 13.0. The van der Waals surface area contributed by atoms with E-state index in [4.69, 9.17) is 5.73 Å². The number of nitrogen functional groups attached to an aromatic ring is 1. The number of hydrogen-bond donors (Lipinski definition) is 3. The van der Waals surface area contributed by atoms with Gasteiger partial charge in [-0.1, -0.05) is 0 Å². The first kappa shape index (κ1) is 11.8. The molecule has 0 bridgehead atoms. The summed E-state index contributed by atoms with van der Waals surface area (Å²) in [5.41, 5.74) is 7.37. The van der Waals surface area contributed by atoms with Crippen molar-refractivity contribution in [2.75, 3.05) is 11.1 Å². The lowest BCUT2D eigenvalue weighted by atomic mass is 10.3. The number of aromatic amines is 1. The third kappa shape index (κ3) is 2.22. The summed E-state index contributed by atoms with van der Waals surface area (Å²) in [5, 5.41) is 3.05. The molecular formula is C11H8BrFN6. The Balaban J connectivity index is 2.07. The van der Waals surface area contributed by atoms with Crippen LogP contribution in [0.2, 0.25) is 0 Å². The minimum absolute atomic E-state index is 0.111. The molecule has 3 rings (SSSR count). The van der Waals surface area contributed by atoms with E-state index in [2.05, 4.69) is 41.2 Å². The highest BCUT2D eigenvalue weighted by atomic mass is 79.9. The average Bonchev–Trinajstić information content (AvgIpc) is 2.80. The number of H-pyrrole nitrogens is 1. The van der Waals surface area contributed by atoms with Crippen LogP contribution in [0.25, 0.3) is 11.2 Å². The van der Waals surface area contributed by atoms with Crippen LogP contribution in [-0.4, -0.2) is 19.9 Å². The van der Waals surface area contributed by atoms with Gasteiger partial charge in [0.2, 0.25) is 5.95 Å². The fourth-order valence-electron chi connectivity index (χ4n) is 1.66. The van der Waals surface area contributed by atoms with Gasteiger partial charge in [-0.15, -0.1) is 0 Å². The maximum atomic E-state index is 13.0. The van der Waals surface area contributed by atoms with Gasteiger partial charge in [-0.05, 0) is 34.1 Å². The third-order valence-electron chi connectivity index (χ3n) is 2.49. The zero-order valence-electron chi connectivity index (χ0n) is 9.48. The maximum Gasteiger partial charge on any atom is 0.224 e. The van der Waals surface area contributed by atoms with Gasteiger partial charge in [-0.3, -0.25) is 0 Å². The lowest BCUT2D eigenvalue weighted by molar-refractivity contribution is 0.627. The van der Waals surface area contributed by atoms with Crippen LogP contribution in [0.1, 0.15) is 0 Å². The molecular weight excluding hydrogens is 315 g/mol. The van der Waals surface area contributed by atoms with Crippen LogP contribution < -0.4 is 11.1 Å². The van der Waals surface area contributed by atoms with E-state index in [9.17, 15) is 4.39 Å². The number of rotatable bonds is 2. The predicted octanol–water partition coefficient (Wildman–Crippen LogP) is 2.58. The Labute approximate surface area is 115 Å². The monoisotopic (exact) mass is 322 g/mol. The van der Waals surface area contributed by atoms with Crippen molar-refractivity contribution in [1.29, 1.82) is 0 Å². The summed E-state index contributed by atoms with van der Waals surface area (Å²) in [6, 6.07) is 4.30. The van der Waals surface area contributed by atoms with Crippen molar-refractivity contribution in [2.24, 2.45) is 0 Å². The summed E-state index contributed by atoms with van der Waals surface area (Å²) in [7, 11) is 0. The number of nitrogens with one attached hydrogen (secondary N) is 2. The largest absolute Gasteiger partial charge is 0.368 e. The fraction of sp³-hybridized carbons (Fsp3) is 0. The molecule has 2 heterocycles. The highest BCUT2D eigenvalue weighted by Crippen LogP contribution is 2.28. The van der Waals surface area contributed by atoms with Gasteiger partial charge < -0.3 is 16.0 Å². The van der Waals surface area contributed by atoms with Crippen LogP contribution in [0.15, 0.2) is 29.0 Å². The molecule has 0 radical (unpaired) electrons. The van der Waals surface area contributed by atoms with Crippen LogP contribution in [-0.2, 0) is 0 Å². The summed E-state index contributed by atoms with van der Waals surface area (Å²) in [6.45, 7) is 0. The number of anilines is 3. The summed E-state index contributed by atoms with van der Waals surface area (Å²) < 4.78 is 13.6. The van der Waals surface area contributed by atoms with E-state index in [0.717, 1.165) is 0 Å². The van der Waals surface area contributed by atoms with Crippen molar-refractivity contribution >= 4 is 44.5 Å². The Bertz CT molecular complexity index is 756. The normalized spacial score (nSPS) is 10.8. The van der Waals surface area contributed by atoms with Crippen molar-refractivity contribution < 1.29 is 4.39 Å². The van der Waals surface area contributed by atoms with Crippen molar-refractivity contribution in [3.05, 3.63) is 34.8 Å². The SMILES string of the molecule is Nc1nc(Nc2ccc(F)cc2Br)c2[nH]cnc2n1. The van der Waals surface area contributed by atoms with E-state index in [1.807, 2.05) is 0 Å². The lowest BCUT2D eigenvalue weighted by Crippen LogP contribution is -2.01. The third-order valence-corrected chi connectivity index (χ3v) is 3.14. The van der Waals surface area contributed by atoms with Gasteiger partial charge in [0.1, 0.15) is 11.3 Å². The smallest absolute Gasteiger partial charge is 0.224 e. The number of nitrogens with zero attached hydrogens (tertiary/aromatic N) is 3. The van der Waals surface area contributed by atoms with Crippen LogP contribution in [0.5, 0.6) is 0 Å². The van der Waals surface area contributed by atoms with Crippen molar-refractivity contribution in [3.8, 4) is 0 Å². The highest BCUT2D eigenvalue weighted by Gasteiger charge is 2.10. The van der Waals surface area contributed by atoms with Crippen LogP contribution in [0, 0.1) is 5.82 Å². The predicted molar refractivity (Wildman–Crippen MR) is 73.5 cm³/mol. The van der Waals surface area contributed by atoms with Crippen LogP contribution in [0.4, 0.5) is 21.8 Å². The second-order valence-corrected chi connectivity index (χ2v) is 4.64. The van der Waals surface area contributed by atoms with E-state index in [0.29, 0.717) is 27.1 Å². The molecule has 0 atom stereocenters. The number of aromatic nitrogens is 4. The number of imidazole rings is 1. The summed E-state index contributed by atoms with van der Waals surface area (Å²) >= 11 is 3.27. The fourth-order valence-corrected chi connectivity index (χ4v) is 2.11. The quantitative estimate of drug-likeness (QED) is 0.674. The average molecular weight is 323 g/mol. The molecule has 96 valence electrons. The number of halogens is 2. The van der Waals surface area contributed by atoms with Crippen molar-refractivity contribution in [2.45, 2.75) is 0 Å². The molecule has 0 amide bonds.